The fraction of sp³-hybridized carbons (Fsp3) is 0.333. The molecule has 31 heavy (non-hydrogen) atoms. The molecule has 0 aliphatic rings. The standard InChI is InChI=1S/C21H23ClN2O6S/c1-13(21(28)24-15-12-14(22)5-7-17(15)29-2)30-20(27)9-10-23-19(26)8-6-16(25)18-4-3-11-31-18/h3-5,7,11-13H,6,8-10H2,1-2H3,(H,23,26)(H,24,28). The van der Waals surface area contributed by atoms with Gasteiger partial charge in [0, 0.05) is 24.4 Å². The highest BCUT2D eigenvalue weighted by atomic mass is 35.5. The zero-order valence-corrected chi connectivity index (χ0v) is 18.7. The molecule has 1 unspecified atom stereocenters. The SMILES string of the molecule is COc1ccc(Cl)cc1NC(=O)C(C)OC(=O)CCNC(=O)CCC(=O)c1cccs1. The molecule has 0 radical (unpaired) electrons. The van der Waals surface area contributed by atoms with E-state index in [1.807, 2.05) is 0 Å². The zero-order chi connectivity index (χ0) is 22.8. The van der Waals surface area contributed by atoms with Crippen LogP contribution in [0.1, 0.15) is 35.9 Å². The molecule has 0 aliphatic heterocycles. The summed E-state index contributed by atoms with van der Waals surface area (Å²) in [6, 6.07) is 8.22. The largest absolute Gasteiger partial charge is 0.495 e. The second-order valence-corrected chi connectivity index (χ2v) is 7.85. The summed E-state index contributed by atoms with van der Waals surface area (Å²) < 4.78 is 10.2. The van der Waals surface area contributed by atoms with Crippen LogP contribution < -0.4 is 15.4 Å². The van der Waals surface area contributed by atoms with E-state index < -0.39 is 18.0 Å². The Labute approximate surface area is 188 Å². The lowest BCUT2D eigenvalue weighted by molar-refractivity contribution is -0.153. The number of carbonyl (C=O) groups is 4. The van der Waals surface area contributed by atoms with Crippen LogP contribution in [0.25, 0.3) is 0 Å². The van der Waals surface area contributed by atoms with Gasteiger partial charge in [-0.05, 0) is 36.6 Å². The molecule has 1 atom stereocenters. The molecule has 0 saturated carbocycles. The number of hydrogen-bond acceptors (Lipinski definition) is 7. The van der Waals surface area contributed by atoms with Gasteiger partial charge in [-0.3, -0.25) is 19.2 Å². The normalized spacial score (nSPS) is 11.3. The van der Waals surface area contributed by atoms with E-state index in [0.29, 0.717) is 21.3 Å². The van der Waals surface area contributed by atoms with Gasteiger partial charge in [-0.1, -0.05) is 17.7 Å². The lowest BCUT2D eigenvalue weighted by Crippen LogP contribution is -2.32. The van der Waals surface area contributed by atoms with Crippen molar-refractivity contribution in [2.24, 2.45) is 0 Å². The third-order valence-electron chi connectivity index (χ3n) is 4.12. The number of Topliss-reactive ketones (excluding diaryl/α,β-unsaturated/α-hetero) is 1. The molecule has 2 amide bonds. The first-order chi connectivity index (χ1) is 14.8. The summed E-state index contributed by atoms with van der Waals surface area (Å²) in [7, 11) is 1.45. The van der Waals surface area contributed by atoms with Crippen LogP contribution in [0.3, 0.4) is 0 Å². The number of hydrogen-bond donors (Lipinski definition) is 2. The Balaban J connectivity index is 1.69. The van der Waals surface area contributed by atoms with Crippen molar-refractivity contribution < 1.29 is 28.7 Å². The van der Waals surface area contributed by atoms with Gasteiger partial charge in [-0.2, -0.15) is 0 Å². The van der Waals surface area contributed by atoms with Gasteiger partial charge < -0.3 is 20.1 Å². The highest BCUT2D eigenvalue weighted by Crippen LogP contribution is 2.27. The summed E-state index contributed by atoms with van der Waals surface area (Å²) in [5.74, 6) is -1.21. The van der Waals surface area contributed by atoms with Crippen molar-refractivity contribution in [1.29, 1.82) is 0 Å². The molecule has 10 heteroatoms. The molecule has 0 saturated heterocycles. The highest BCUT2D eigenvalue weighted by Gasteiger charge is 2.19. The second-order valence-electron chi connectivity index (χ2n) is 6.47. The Hall–Kier alpha value is -2.91. The van der Waals surface area contributed by atoms with E-state index in [2.05, 4.69) is 10.6 Å². The Bertz CT molecular complexity index is 932. The van der Waals surface area contributed by atoms with Crippen LogP contribution in [-0.2, 0) is 19.1 Å². The van der Waals surface area contributed by atoms with Crippen LogP contribution in [0.5, 0.6) is 5.75 Å². The monoisotopic (exact) mass is 466 g/mol. The molecule has 0 fully saturated rings. The van der Waals surface area contributed by atoms with Gasteiger partial charge in [-0.25, -0.2) is 0 Å². The van der Waals surface area contributed by atoms with Crippen molar-refractivity contribution in [3.05, 3.63) is 45.6 Å². The number of rotatable bonds is 11. The molecule has 0 bridgehead atoms. The number of nitrogens with one attached hydrogen (secondary N) is 2. The number of esters is 1. The van der Waals surface area contributed by atoms with Gasteiger partial charge in [0.25, 0.3) is 5.91 Å². The topological polar surface area (TPSA) is 111 Å². The average Bonchev–Trinajstić information content (AvgIpc) is 3.27. The quantitative estimate of drug-likeness (QED) is 0.387. The lowest BCUT2D eigenvalue weighted by Gasteiger charge is -2.15. The maximum absolute atomic E-state index is 12.3. The van der Waals surface area contributed by atoms with Gasteiger partial charge in [0.1, 0.15) is 5.75 Å². The summed E-state index contributed by atoms with van der Waals surface area (Å²) in [5.41, 5.74) is 0.354. The molecule has 2 N–H and O–H groups in total. The van der Waals surface area contributed by atoms with E-state index in [0.717, 1.165) is 0 Å². The molecule has 1 aromatic carbocycles. The van der Waals surface area contributed by atoms with Crippen LogP contribution in [0, 0.1) is 0 Å². The first kappa shape index (κ1) is 24.4. The van der Waals surface area contributed by atoms with Crippen molar-refractivity contribution in [1.82, 2.24) is 5.32 Å². The Morgan fingerprint density at radius 2 is 1.90 bits per heavy atom. The van der Waals surface area contributed by atoms with Crippen molar-refractivity contribution in [3.63, 3.8) is 0 Å². The van der Waals surface area contributed by atoms with Gasteiger partial charge in [0.2, 0.25) is 5.91 Å². The maximum Gasteiger partial charge on any atom is 0.308 e. The van der Waals surface area contributed by atoms with E-state index in [4.69, 9.17) is 21.1 Å². The predicted octanol–water partition coefficient (Wildman–Crippen LogP) is 3.45. The fourth-order valence-corrected chi connectivity index (χ4v) is 3.37. The van der Waals surface area contributed by atoms with E-state index in [9.17, 15) is 19.2 Å². The molecule has 8 nitrogen and oxygen atoms in total. The van der Waals surface area contributed by atoms with Crippen molar-refractivity contribution >= 4 is 52.2 Å². The predicted molar refractivity (Wildman–Crippen MR) is 118 cm³/mol. The minimum atomic E-state index is -1.06. The van der Waals surface area contributed by atoms with Gasteiger partial charge in [0.05, 0.1) is 24.1 Å². The minimum absolute atomic E-state index is 0.0338. The van der Waals surface area contributed by atoms with Gasteiger partial charge >= 0.3 is 5.97 Å². The third kappa shape index (κ3) is 8.03. The van der Waals surface area contributed by atoms with Crippen LogP contribution in [0.2, 0.25) is 5.02 Å². The van der Waals surface area contributed by atoms with Crippen molar-refractivity contribution in [2.45, 2.75) is 32.3 Å². The second kappa shape index (κ2) is 12.1. The maximum atomic E-state index is 12.3. The first-order valence-corrected chi connectivity index (χ1v) is 10.7. The molecule has 1 heterocycles. The van der Waals surface area contributed by atoms with E-state index in [-0.39, 0.29) is 37.5 Å². The molecule has 166 valence electrons. The molecule has 1 aromatic heterocycles. The molecule has 0 aliphatic carbocycles. The minimum Gasteiger partial charge on any atom is -0.495 e. The molecule has 2 aromatic rings. The molecule has 0 spiro atoms. The molecular formula is C21H23ClN2O6S. The molecular weight excluding hydrogens is 444 g/mol. The van der Waals surface area contributed by atoms with Crippen LogP contribution in [0.15, 0.2) is 35.7 Å². The summed E-state index contributed by atoms with van der Waals surface area (Å²) in [6.45, 7) is 1.47. The first-order valence-electron chi connectivity index (χ1n) is 9.47. The Morgan fingerprint density at radius 1 is 1.13 bits per heavy atom. The summed E-state index contributed by atoms with van der Waals surface area (Å²) >= 11 is 7.25. The number of thiophene rings is 1. The summed E-state index contributed by atoms with van der Waals surface area (Å²) in [6.07, 6.45) is -1.04. The van der Waals surface area contributed by atoms with Gasteiger partial charge in [-0.15, -0.1) is 11.3 Å². The lowest BCUT2D eigenvalue weighted by atomic mass is 10.2. The van der Waals surface area contributed by atoms with Crippen molar-refractivity contribution in [3.8, 4) is 5.75 Å². The summed E-state index contributed by atoms with van der Waals surface area (Å²) in [4.78, 5) is 48.5. The number of anilines is 1. The van der Waals surface area contributed by atoms with Crippen molar-refractivity contribution in [2.75, 3.05) is 19.0 Å². The van der Waals surface area contributed by atoms with Gasteiger partial charge in [0.15, 0.2) is 11.9 Å². The number of methoxy groups -OCH3 is 1. The smallest absolute Gasteiger partial charge is 0.308 e. The highest BCUT2D eigenvalue weighted by molar-refractivity contribution is 7.12. The van der Waals surface area contributed by atoms with E-state index >= 15 is 0 Å². The van der Waals surface area contributed by atoms with Crippen LogP contribution >= 0.6 is 22.9 Å². The average molecular weight is 467 g/mol. The van der Waals surface area contributed by atoms with Crippen LogP contribution in [0.4, 0.5) is 5.69 Å². The number of amides is 2. The fourth-order valence-electron chi connectivity index (χ4n) is 2.50. The van der Waals surface area contributed by atoms with E-state index in [1.54, 1.807) is 29.6 Å². The Morgan fingerprint density at radius 3 is 2.58 bits per heavy atom. The Kier molecular flexibility index (Phi) is 9.48. The number of benzene rings is 1. The number of carbonyl (C=O) groups excluding carboxylic acids is 4. The van der Waals surface area contributed by atoms with E-state index in [1.165, 1.54) is 31.4 Å². The third-order valence-corrected chi connectivity index (χ3v) is 5.27. The zero-order valence-electron chi connectivity index (χ0n) is 17.1. The number of ketones is 1. The number of ether oxygens (including phenoxy) is 2. The number of halogens is 1. The molecule has 2 rings (SSSR count). The summed E-state index contributed by atoms with van der Waals surface area (Å²) in [5, 5.41) is 7.36. The van der Waals surface area contributed by atoms with Crippen LogP contribution in [-0.4, -0.2) is 43.3 Å².